The smallest absolute Gasteiger partial charge is 0.314 e. The Bertz CT molecular complexity index is 1010. The van der Waals surface area contributed by atoms with Gasteiger partial charge in [-0.25, -0.2) is 9.31 Å². The molecule has 6 nitrogen and oxygen atoms in total. The fourth-order valence-electron chi connectivity index (χ4n) is 2.74. The van der Waals surface area contributed by atoms with Crippen LogP contribution in [0.3, 0.4) is 0 Å². The number of hydrogen-bond donors (Lipinski definition) is 2. The van der Waals surface area contributed by atoms with Crippen molar-refractivity contribution in [3.63, 3.8) is 0 Å². The minimum Gasteiger partial charge on any atom is -0.338 e. The molecule has 2 amide bonds. The van der Waals surface area contributed by atoms with Gasteiger partial charge in [0.25, 0.3) is 0 Å². The Morgan fingerprint density at radius 1 is 1.00 bits per heavy atom. The Morgan fingerprint density at radius 2 is 1.81 bits per heavy atom. The number of urea groups is 1. The molecule has 8 heteroatoms. The van der Waals surface area contributed by atoms with Crippen LogP contribution in [0.25, 0.3) is 15.7 Å². The molecule has 138 valence electrons. The van der Waals surface area contributed by atoms with E-state index < -0.39 is 0 Å². The summed E-state index contributed by atoms with van der Waals surface area (Å²) in [5.41, 5.74) is 2.26. The van der Waals surface area contributed by atoms with Crippen molar-refractivity contribution >= 4 is 33.7 Å². The first kappa shape index (κ1) is 17.7. The van der Waals surface area contributed by atoms with Crippen molar-refractivity contribution < 1.29 is 4.79 Å². The Kier molecular flexibility index (Phi) is 5.45. The van der Waals surface area contributed by atoms with Crippen LogP contribution >= 0.6 is 22.7 Å². The van der Waals surface area contributed by atoms with Crippen molar-refractivity contribution in [1.82, 2.24) is 25.2 Å². The zero-order valence-electron chi connectivity index (χ0n) is 14.6. The Morgan fingerprint density at radius 3 is 2.59 bits per heavy atom. The van der Waals surface area contributed by atoms with E-state index in [-0.39, 0.29) is 6.03 Å². The number of nitrogens with zero attached hydrogens (tertiary/aromatic N) is 3. The van der Waals surface area contributed by atoms with E-state index in [9.17, 15) is 4.79 Å². The fraction of sp³-hybridized carbons (Fsp3) is 0.211. The van der Waals surface area contributed by atoms with Crippen molar-refractivity contribution in [2.45, 2.75) is 12.8 Å². The third kappa shape index (κ3) is 4.35. The second kappa shape index (κ2) is 8.32. The Hall–Kier alpha value is -2.71. The highest BCUT2D eigenvalue weighted by atomic mass is 32.1. The van der Waals surface area contributed by atoms with Gasteiger partial charge in [0.2, 0.25) is 4.96 Å². The molecule has 0 saturated heterocycles. The van der Waals surface area contributed by atoms with E-state index in [1.807, 2.05) is 45.6 Å². The van der Waals surface area contributed by atoms with Crippen LogP contribution in [0.5, 0.6) is 0 Å². The van der Waals surface area contributed by atoms with E-state index in [0.717, 1.165) is 27.8 Å². The SMILES string of the molecule is O=C(NCCc1ccccc1)NCCc1csc2nc(-c3cccs3)nn12. The molecular weight excluding hydrogens is 378 g/mol. The van der Waals surface area contributed by atoms with Gasteiger partial charge in [-0.15, -0.1) is 27.8 Å². The van der Waals surface area contributed by atoms with Crippen LogP contribution in [-0.4, -0.2) is 33.7 Å². The summed E-state index contributed by atoms with van der Waals surface area (Å²) < 4.78 is 1.87. The predicted molar refractivity (Wildman–Crippen MR) is 109 cm³/mol. The predicted octanol–water partition coefficient (Wildman–Crippen LogP) is 3.60. The van der Waals surface area contributed by atoms with Crippen molar-refractivity contribution in [3.05, 3.63) is 64.5 Å². The molecule has 0 aliphatic carbocycles. The molecule has 0 aliphatic rings. The van der Waals surface area contributed by atoms with Gasteiger partial charge >= 0.3 is 6.03 Å². The molecule has 0 atom stereocenters. The summed E-state index contributed by atoms with van der Waals surface area (Å²) in [6.45, 7) is 1.17. The monoisotopic (exact) mass is 397 g/mol. The van der Waals surface area contributed by atoms with Crippen molar-refractivity contribution in [2.24, 2.45) is 0 Å². The normalized spacial score (nSPS) is 11.0. The second-order valence-electron chi connectivity index (χ2n) is 6.00. The first-order valence-electron chi connectivity index (χ1n) is 8.72. The first-order valence-corrected chi connectivity index (χ1v) is 10.5. The Labute approximate surface area is 164 Å². The number of carbonyl (C=O) groups excluding carboxylic acids is 1. The van der Waals surface area contributed by atoms with E-state index in [2.05, 4.69) is 32.8 Å². The molecular formula is C19H19N5OS2. The topological polar surface area (TPSA) is 71.3 Å². The fourth-order valence-corrected chi connectivity index (χ4v) is 4.25. The lowest BCUT2D eigenvalue weighted by Gasteiger charge is -2.07. The number of fused-ring (bicyclic) bond motifs is 1. The molecule has 0 unspecified atom stereocenters. The highest BCUT2D eigenvalue weighted by Crippen LogP contribution is 2.24. The number of aromatic nitrogens is 3. The molecule has 0 aliphatic heterocycles. The molecule has 1 aromatic carbocycles. The van der Waals surface area contributed by atoms with E-state index >= 15 is 0 Å². The molecule has 0 fully saturated rings. The lowest BCUT2D eigenvalue weighted by molar-refractivity contribution is 0.241. The van der Waals surface area contributed by atoms with Gasteiger partial charge in [-0.05, 0) is 23.4 Å². The molecule has 0 spiro atoms. The molecule has 27 heavy (non-hydrogen) atoms. The molecule has 3 heterocycles. The molecule has 0 bridgehead atoms. The summed E-state index contributed by atoms with van der Waals surface area (Å²) in [4.78, 5) is 18.4. The third-order valence-corrected chi connectivity index (χ3v) is 5.83. The summed E-state index contributed by atoms with van der Waals surface area (Å²) in [6.07, 6.45) is 1.53. The van der Waals surface area contributed by atoms with Gasteiger partial charge in [-0.1, -0.05) is 36.4 Å². The number of carbonyl (C=O) groups is 1. The lowest BCUT2D eigenvalue weighted by Crippen LogP contribution is -2.37. The lowest BCUT2D eigenvalue weighted by atomic mass is 10.1. The summed E-state index contributed by atoms with van der Waals surface area (Å²) in [7, 11) is 0. The van der Waals surface area contributed by atoms with E-state index in [1.165, 1.54) is 5.56 Å². The quantitative estimate of drug-likeness (QED) is 0.500. The third-order valence-electron chi connectivity index (χ3n) is 4.10. The van der Waals surface area contributed by atoms with Gasteiger partial charge in [-0.3, -0.25) is 0 Å². The Balaban J connectivity index is 1.26. The minimum absolute atomic E-state index is 0.143. The summed E-state index contributed by atoms with van der Waals surface area (Å²) >= 11 is 3.20. The van der Waals surface area contributed by atoms with Crippen LogP contribution in [0.2, 0.25) is 0 Å². The first-order chi connectivity index (χ1) is 13.3. The van der Waals surface area contributed by atoms with Gasteiger partial charge in [0, 0.05) is 24.9 Å². The number of thiazole rings is 1. The van der Waals surface area contributed by atoms with Crippen molar-refractivity contribution in [2.75, 3.05) is 13.1 Å². The molecule has 0 saturated carbocycles. The zero-order chi connectivity index (χ0) is 18.5. The maximum absolute atomic E-state index is 11.9. The van der Waals surface area contributed by atoms with E-state index in [4.69, 9.17) is 0 Å². The molecule has 2 N–H and O–H groups in total. The van der Waals surface area contributed by atoms with Crippen molar-refractivity contribution in [3.8, 4) is 10.7 Å². The number of amides is 2. The molecule has 4 rings (SSSR count). The van der Waals surface area contributed by atoms with E-state index in [1.54, 1.807) is 22.7 Å². The van der Waals surface area contributed by atoms with E-state index in [0.29, 0.717) is 19.5 Å². The summed E-state index contributed by atoms with van der Waals surface area (Å²) in [5.74, 6) is 0.754. The van der Waals surface area contributed by atoms with Gasteiger partial charge in [0.05, 0.1) is 10.6 Å². The summed E-state index contributed by atoms with van der Waals surface area (Å²) in [5, 5.41) is 14.4. The number of benzene rings is 1. The largest absolute Gasteiger partial charge is 0.338 e. The molecule has 4 aromatic rings. The van der Waals surface area contributed by atoms with Crippen LogP contribution in [0.1, 0.15) is 11.3 Å². The van der Waals surface area contributed by atoms with Gasteiger partial charge < -0.3 is 10.6 Å². The maximum Gasteiger partial charge on any atom is 0.314 e. The maximum atomic E-state index is 11.9. The average Bonchev–Trinajstić information content (AvgIpc) is 3.40. The number of thiophene rings is 1. The highest BCUT2D eigenvalue weighted by Gasteiger charge is 2.12. The number of hydrogen-bond acceptors (Lipinski definition) is 5. The van der Waals surface area contributed by atoms with Gasteiger partial charge in [-0.2, -0.15) is 4.98 Å². The summed E-state index contributed by atoms with van der Waals surface area (Å²) in [6, 6.07) is 14.0. The number of nitrogens with one attached hydrogen (secondary N) is 2. The van der Waals surface area contributed by atoms with Crippen LogP contribution in [0, 0.1) is 0 Å². The van der Waals surface area contributed by atoms with Crippen LogP contribution in [-0.2, 0) is 12.8 Å². The number of rotatable bonds is 7. The minimum atomic E-state index is -0.143. The second-order valence-corrected chi connectivity index (χ2v) is 7.79. The van der Waals surface area contributed by atoms with Crippen LogP contribution in [0.15, 0.2) is 53.2 Å². The molecule has 0 radical (unpaired) electrons. The highest BCUT2D eigenvalue weighted by molar-refractivity contribution is 7.15. The molecule has 3 aromatic heterocycles. The van der Waals surface area contributed by atoms with Gasteiger partial charge in [0.15, 0.2) is 5.82 Å². The van der Waals surface area contributed by atoms with Crippen molar-refractivity contribution in [1.29, 1.82) is 0 Å². The van der Waals surface area contributed by atoms with Gasteiger partial charge in [0.1, 0.15) is 0 Å². The van der Waals surface area contributed by atoms with Crippen LogP contribution < -0.4 is 10.6 Å². The average molecular weight is 398 g/mol. The van der Waals surface area contributed by atoms with Crippen LogP contribution in [0.4, 0.5) is 4.79 Å². The standard InChI is InChI=1S/C19H19N5OS2/c25-18(20-10-8-14-5-2-1-3-6-14)21-11-9-15-13-27-19-22-17(23-24(15)19)16-7-4-12-26-16/h1-7,12-13H,8-11H2,(H2,20,21,25). The zero-order valence-corrected chi connectivity index (χ0v) is 16.2.